The maximum absolute atomic E-state index is 11.5. The molecule has 1 fully saturated rings. The van der Waals surface area contributed by atoms with Crippen molar-refractivity contribution in [1.82, 2.24) is 4.90 Å². The highest BCUT2D eigenvalue weighted by Crippen LogP contribution is 2.12. The first-order chi connectivity index (χ1) is 6.15. The third-order valence-corrected chi connectivity index (χ3v) is 2.27. The van der Waals surface area contributed by atoms with Gasteiger partial charge in [0.15, 0.2) is 0 Å². The minimum absolute atomic E-state index is 0.166. The van der Waals surface area contributed by atoms with Crippen LogP contribution in [0.4, 0.5) is 0 Å². The van der Waals surface area contributed by atoms with E-state index < -0.39 is 12.0 Å². The monoisotopic (exact) mass is 182 g/mol. The Morgan fingerprint density at radius 2 is 2.46 bits per heavy atom. The molecule has 4 heteroatoms. The number of hydrogen-bond donors (Lipinski definition) is 1. The van der Waals surface area contributed by atoms with E-state index in [2.05, 4.69) is 0 Å². The fraction of sp³-hybridized carbons (Fsp3) is 0.778. The zero-order chi connectivity index (χ0) is 9.84. The molecular formula is C9H14N2O2. The smallest absolute Gasteiger partial charge is 0.239 e. The minimum Gasteiger partial charge on any atom is -0.391 e. The van der Waals surface area contributed by atoms with E-state index in [1.165, 1.54) is 0 Å². The average Bonchev–Trinajstić information content (AvgIpc) is 2.15. The Labute approximate surface area is 77.8 Å². The number of carbonyl (C=O) groups is 1. The molecule has 0 saturated carbocycles. The molecule has 1 unspecified atom stereocenters. The van der Waals surface area contributed by atoms with Crippen LogP contribution in [0.15, 0.2) is 0 Å². The van der Waals surface area contributed by atoms with Crippen LogP contribution in [0.25, 0.3) is 0 Å². The fourth-order valence-electron chi connectivity index (χ4n) is 1.48. The third kappa shape index (κ3) is 2.43. The summed E-state index contributed by atoms with van der Waals surface area (Å²) in [5.74, 6) is -0.758. The number of rotatable bonds is 1. The molecule has 0 aliphatic carbocycles. The summed E-state index contributed by atoms with van der Waals surface area (Å²) in [6.45, 7) is 2.64. The summed E-state index contributed by atoms with van der Waals surface area (Å²) in [5, 5.41) is 17.8. The van der Waals surface area contributed by atoms with E-state index in [0.717, 1.165) is 12.8 Å². The van der Waals surface area contributed by atoms with Crippen LogP contribution in [-0.4, -0.2) is 35.1 Å². The molecule has 0 radical (unpaired) electrons. The molecule has 1 rings (SSSR count). The molecule has 1 aliphatic heterocycles. The first-order valence-corrected chi connectivity index (χ1v) is 4.51. The molecule has 72 valence electrons. The summed E-state index contributed by atoms with van der Waals surface area (Å²) < 4.78 is 0. The van der Waals surface area contributed by atoms with Crippen molar-refractivity contribution in [3.05, 3.63) is 0 Å². The number of carbonyl (C=O) groups excluding carboxylic acids is 1. The molecule has 1 saturated heterocycles. The van der Waals surface area contributed by atoms with Crippen LogP contribution in [0.1, 0.15) is 19.8 Å². The Balaban J connectivity index is 2.52. The molecule has 13 heavy (non-hydrogen) atoms. The van der Waals surface area contributed by atoms with Crippen molar-refractivity contribution in [1.29, 1.82) is 5.26 Å². The van der Waals surface area contributed by atoms with Crippen molar-refractivity contribution in [3.8, 4) is 6.07 Å². The maximum Gasteiger partial charge on any atom is 0.239 e. The number of β-amino-alcohol motifs (C(OH)–C–C–N with tert-alkyl or cyclic N) is 1. The van der Waals surface area contributed by atoms with E-state index >= 15 is 0 Å². The van der Waals surface area contributed by atoms with Gasteiger partial charge in [0.1, 0.15) is 5.92 Å². The van der Waals surface area contributed by atoms with E-state index in [-0.39, 0.29) is 5.91 Å². The summed E-state index contributed by atoms with van der Waals surface area (Å²) in [6, 6.07) is 1.90. The lowest BCUT2D eigenvalue weighted by Gasteiger charge is -2.30. The Hall–Kier alpha value is -1.08. The molecule has 2 atom stereocenters. The highest BCUT2D eigenvalue weighted by Gasteiger charge is 2.25. The maximum atomic E-state index is 11.5. The average molecular weight is 182 g/mol. The Bertz CT molecular complexity index is 234. The molecule has 0 spiro atoms. The van der Waals surface area contributed by atoms with Crippen LogP contribution >= 0.6 is 0 Å². The highest BCUT2D eigenvalue weighted by molar-refractivity contribution is 5.80. The van der Waals surface area contributed by atoms with Crippen molar-refractivity contribution in [2.24, 2.45) is 5.92 Å². The van der Waals surface area contributed by atoms with Gasteiger partial charge < -0.3 is 10.0 Å². The van der Waals surface area contributed by atoms with Gasteiger partial charge in [-0.2, -0.15) is 5.26 Å². The molecular weight excluding hydrogens is 168 g/mol. The van der Waals surface area contributed by atoms with Crippen LogP contribution in [0.3, 0.4) is 0 Å². The van der Waals surface area contributed by atoms with Crippen LogP contribution in [-0.2, 0) is 4.79 Å². The van der Waals surface area contributed by atoms with Crippen LogP contribution in [0.5, 0.6) is 0 Å². The van der Waals surface area contributed by atoms with Gasteiger partial charge in [-0.25, -0.2) is 0 Å². The molecule has 1 heterocycles. The van der Waals surface area contributed by atoms with Crippen molar-refractivity contribution in [2.45, 2.75) is 25.9 Å². The lowest BCUT2D eigenvalue weighted by Crippen LogP contribution is -2.44. The molecule has 1 amide bonds. The summed E-state index contributed by atoms with van der Waals surface area (Å²) in [5.41, 5.74) is 0. The number of likely N-dealkylation sites (tertiary alicyclic amines) is 1. The zero-order valence-corrected chi connectivity index (χ0v) is 7.73. The van der Waals surface area contributed by atoms with Crippen LogP contribution in [0, 0.1) is 17.2 Å². The van der Waals surface area contributed by atoms with Gasteiger partial charge in [-0.05, 0) is 19.8 Å². The minimum atomic E-state index is -0.592. The summed E-state index contributed by atoms with van der Waals surface area (Å²) >= 11 is 0. The quantitative estimate of drug-likeness (QED) is 0.627. The molecule has 0 aromatic carbocycles. The number of aliphatic hydroxyl groups is 1. The topological polar surface area (TPSA) is 64.3 Å². The molecule has 0 aromatic heterocycles. The van der Waals surface area contributed by atoms with Crippen LogP contribution in [0.2, 0.25) is 0 Å². The molecule has 0 bridgehead atoms. The summed E-state index contributed by atoms with van der Waals surface area (Å²) in [4.78, 5) is 13.0. The number of amides is 1. The lowest BCUT2D eigenvalue weighted by atomic mass is 10.1. The van der Waals surface area contributed by atoms with Crippen molar-refractivity contribution in [2.75, 3.05) is 13.1 Å². The standard InChI is InChI=1S/C9H14N2O2/c1-7(5-10)9(13)11-4-2-3-8(12)6-11/h7-8,12H,2-4,6H2,1H3/t7?,8-/m0/s1. The first-order valence-electron chi connectivity index (χ1n) is 4.51. The van der Waals surface area contributed by atoms with Crippen molar-refractivity contribution in [3.63, 3.8) is 0 Å². The van der Waals surface area contributed by atoms with Gasteiger partial charge in [-0.15, -0.1) is 0 Å². The van der Waals surface area contributed by atoms with Gasteiger partial charge >= 0.3 is 0 Å². The lowest BCUT2D eigenvalue weighted by molar-refractivity contribution is -0.136. The predicted molar refractivity (Wildman–Crippen MR) is 46.6 cm³/mol. The van der Waals surface area contributed by atoms with E-state index in [1.807, 2.05) is 6.07 Å². The second-order valence-electron chi connectivity index (χ2n) is 3.43. The molecule has 1 aliphatic rings. The normalized spacial score (nSPS) is 25.0. The highest BCUT2D eigenvalue weighted by atomic mass is 16.3. The largest absolute Gasteiger partial charge is 0.391 e. The predicted octanol–water partition coefficient (Wildman–Crippen LogP) is 0.129. The number of nitriles is 1. The van der Waals surface area contributed by atoms with Crippen molar-refractivity contribution < 1.29 is 9.90 Å². The first kappa shape index (κ1) is 10.0. The molecule has 1 N–H and O–H groups in total. The Morgan fingerprint density at radius 3 is 3.00 bits per heavy atom. The zero-order valence-electron chi connectivity index (χ0n) is 7.73. The van der Waals surface area contributed by atoms with Gasteiger partial charge in [-0.1, -0.05) is 0 Å². The SMILES string of the molecule is CC(C#N)C(=O)N1CCC[C@H](O)C1. The Kier molecular flexibility index (Phi) is 3.26. The van der Waals surface area contributed by atoms with Gasteiger partial charge in [0.25, 0.3) is 0 Å². The van der Waals surface area contributed by atoms with Crippen LogP contribution < -0.4 is 0 Å². The van der Waals surface area contributed by atoms with E-state index in [9.17, 15) is 9.90 Å². The second kappa shape index (κ2) is 4.24. The second-order valence-corrected chi connectivity index (χ2v) is 3.43. The van der Waals surface area contributed by atoms with E-state index in [4.69, 9.17) is 5.26 Å². The van der Waals surface area contributed by atoms with Gasteiger partial charge in [0.2, 0.25) is 5.91 Å². The molecule has 0 aromatic rings. The fourth-order valence-corrected chi connectivity index (χ4v) is 1.48. The third-order valence-electron chi connectivity index (χ3n) is 2.27. The Morgan fingerprint density at radius 1 is 1.77 bits per heavy atom. The number of hydrogen-bond acceptors (Lipinski definition) is 3. The van der Waals surface area contributed by atoms with E-state index in [0.29, 0.717) is 13.1 Å². The summed E-state index contributed by atoms with van der Waals surface area (Å²) in [6.07, 6.45) is 1.17. The van der Waals surface area contributed by atoms with Crippen molar-refractivity contribution >= 4 is 5.91 Å². The van der Waals surface area contributed by atoms with Gasteiger partial charge in [-0.3, -0.25) is 4.79 Å². The van der Waals surface area contributed by atoms with Gasteiger partial charge in [0, 0.05) is 13.1 Å². The summed E-state index contributed by atoms with van der Waals surface area (Å²) in [7, 11) is 0. The number of aliphatic hydroxyl groups excluding tert-OH is 1. The number of piperidine rings is 1. The van der Waals surface area contributed by atoms with Gasteiger partial charge in [0.05, 0.1) is 12.2 Å². The number of nitrogens with zero attached hydrogens (tertiary/aromatic N) is 2. The van der Waals surface area contributed by atoms with E-state index in [1.54, 1.807) is 11.8 Å². The molecule has 4 nitrogen and oxygen atoms in total.